The van der Waals surface area contributed by atoms with Gasteiger partial charge in [0.1, 0.15) is 40.8 Å². The minimum absolute atomic E-state index is 0.00263. The lowest BCUT2D eigenvalue weighted by Gasteiger charge is -2.38. The molecule has 11 heteroatoms. The summed E-state index contributed by atoms with van der Waals surface area (Å²) < 4.78 is 11.2. The Bertz CT molecular complexity index is 1630. The van der Waals surface area contributed by atoms with Gasteiger partial charge in [0, 0.05) is 18.9 Å². The van der Waals surface area contributed by atoms with E-state index >= 15 is 0 Å². The zero-order valence-corrected chi connectivity index (χ0v) is 30.4. The van der Waals surface area contributed by atoms with Crippen LogP contribution in [-0.4, -0.2) is 68.3 Å². The molecule has 0 aliphatic heterocycles. The highest BCUT2D eigenvalue weighted by Crippen LogP contribution is 2.29. The van der Waals surface area contributed by atoms with Gasteiger partial charge in [0.2, 0.25) is 11.8 Å². The maximum Gasteiger partial charge on any atom is 0.408 e. The summed E-state index contributed by atoms with van der Waals surface area (Å²) in [6.45, 7) is 15.5. The number of aryl methyl sites for hydroxylation is 1. The van der Waals surface area contributed by atoms with Crippen molar-refractivity contribution in [2.24, 2.45) is 0 Å². The van der Waals surface area contributed by atoms with Crippen LogP contribution in [0.25, 0.3) is 0 Å². The first-order valence-electron chi connectivity index (χ1n) is 16.7. The molecular weight excluding hydrogens is 638 g/mol. The fourth-order valence-corrected chi connectivity index (χ4v) is 5.33. The Morgan fingerprint density at radius 3 is 1.84 bits per heavy atom. The predicted molar refractivity (Wildman–Crippen MR) is 190 cm³/mol. The number of carbonyl (C=O) groups is 4. The first-order chi connectivity index (χ1) is 23.2. The summed E-state index contributed by atoms with van der Waals surface area (Å²) >= 11 is 0. The van der Waals surface area contributed by atoms with E-state index in [1.165, 1.54) is 23.1 Å². The van der Waals surface area contributed by atoms with Crippen LogP contribution in [-0.2, 0) is 36.7 Å². The van der Waals surface area contributed by atoms with Gasteiger partial charge >= 0.3 is 12.1 Å². The summed E-state index contributed by atoms with van der Waals surface area (Å²) in [6.07, 6.45) is -0.686. The van der Waals surface area contributed by atoms with Crippen LogP contribution in [0, 0.1) is 6.92 Å². The van der Waals surface area contributed by atoms with Gasteiger partial charge in [-0.2, -0.15) is 0 Å². The van der Waals surface area contributed by atoms with Crippen LogP contribution < -0.4 is 10.6 Å². The van der Waals surface area contributed by atoms with Gasteiger partial charge in [-0.05, 0) is 109 Å². The third-order valence-corrected chi connectivity index (χ3v) is 7.53. The van der Waals surface area contributed by atoms with E-state index in [1.807, 2.05) is 30.3 Å². The number of nitrogens with zero attached hydrogens (tertiary/aromatic N) is 1. The average Bonchev–Trinajstić information content (AvgIpc) is 3.00. The molecule has 3 unspecified atom stereocenters. The fourth-order valence-electron chi connectivity index (χ4n) is 5.33. The topological polar surface area (TPSA) is 154 Å². The number of rotatable bonds is 12. The highest BCUT2D eigenvalue weighted by molar-refractivity contribution is 5.94. The molecule has 0 bridgehead atoms. The summed E-state index contributed by atoms with van der Waals surface area (Å²) in [7, 11) is 0. The molecule has 0 saturated heterocycles. The van der Waals surface area contributed by atoms with E-state index in [0.29, 0.717) is 16.7 Å². The summed E-state index contributed by atoms with van der Waals surface area (Å²) in [6, 6.07) is 15.8. The molecule has 0 aliphatic rings. The Morgan fingerprint density at radius 1 is 0.740 bits per heavy atom. The minimum Gasteiger partial charge on any atom is -0.508 e. The molecule has 3 aromatic carbocycles. The first kappa shape index (κ1) is 39.4. The number of phenols is 2. The van der Waals surface area contributed by atoms with E-state index in [4.69, 9.17) is 9.47 Å². The maximum absolute atomic E-state index is 14.7. The van der Waals surface area contributed by atoms with Gasteiger partial charge < -0.3 is 35.2 Å². The number of esters is 1. The van der Waals surface area contributed by atoms with E-state index < -0.39 is 59.2 Å². The molecule has 0 heterocycles. The number of benzene rings is 3. The van der Waals surface area contributed by atoms with Crippen molar-refractivity contribution < 1.29 is 38.9 Å². The highest BCUT2D eigenvalue weighted by Gasteiger charge is 2.40. The lowest BCUT2D eigenvalue weighted by Crippen LogP contribution is -2.57. The minimum atomic E-state index is -1.30. The van der Waals surface area contributed by atoms with Gasteiger partial charge in [-0.3, -0.25) is 9.59 Å². The Balaban J connectivity index is 2.12. The Kier molecular flexibility index (Phi) is 13.0. The molecule has 3 aromatic rings. The van der Waals surface area contributed by atoms with Crippen molar-refractivity contribution in [3.8, 4) is 11.5 Å². The maximum atomic E-state index is 14.7. The Hall–Kier alpha value is -5.06. The van der Waals surface area contributed by atoms with Crippen molar-refractivity contribution in [3.63, 3.8) is 0 Å². The third-order valence-electron chi connectivity index (χ3n) is 7.53. The largest absolute Gasteiger partial charge is 0.508 e. The molecule has 3 amide bonds. The fraction of sp³-hybridized carbons (Fsp3) is 0.436. The van der Waals surface area contributed by atoms with Gasteiger partial charge in [-0.1, -0.05) is 48.5 Å². The van der Waals surface area contributed by atoms with Crippen LogP contribution in [0.1, 0.15) is 83.7 Å². The molecule has 0 saturated carbocycles. The number of hydrogen-bond donors (Lipinski definition) is 4. The molecule has 50 heavy (non-hydrogen) atoms. The zero-order chi connectivity index (χ0) is 37.4. The molecule has 0 aliphatic carbocycles. The second-order valence-electron chi connectivity index (χ2n) is 14.6. The van der Waals surface area contributed by atoms with E-state index in [0.717, 1.165) is 5.56 Å². The summed E-state index contributed by atoms with van der Waals surface area (Å²) in [5, 5.41) is 25.8. The van der Waals surface area contributed by atoms with Gasteiger partial charge in [0.25, 0.3) is 0 Å². The first-order valence-corrected chi connectivity index (χ1v) is 16.7. The van der Waals surface area contributed by atoms with Crippen molar-refractivity contribution in [1.29, 1.82) is 0 Å². The van der Waals surface area contributed by atoms with Gasteiger partial charge in [-0.25, -0.2) is 9.59 Å². The third kappa shape index (κ3) is 11.8. The van der Waals surface area contributed by atoms with Crippen molar-refractivity contribution >= 4 is 23.9 Å². The monoisotopic (exact) mass is 689 g/mol. The van der Waals surface area contributed by atoms with Crippen LogP contribution in [0.3, 0.4) is 0 Å². The summed E-state index contributed by atoms with van der Waals surface area (Å²) in [4.78, 5) is 57.3. The standard InChI is InChI=1S/C39H51N3O8/c1-24(2)42(35(46)30(41-37(48)50-39(7,8)9)22-27-15-18-29(43)19-16-27)33(28-17-20-32(44)25(3)21-28)34(45)40-31(36(47)49-38(4,5)6)23-26-13-11-10-12-14-26/h10-21,24,30-31,33,43-44H,22-23H2,1-9H3,(H,40,45)(H,41,48). The second kappa shape index (κ2) is 16.6. The Morgan fingerprint density at radius 2 is 1.30 bits per heavy atom. The zero-order valence-electron chi connectivity index (χ0n) is 30.4. The normalized spacial score (nSPS) is 13.5. The molecule has 270 valence electrons. The molecule has 3 rings (SSSR count). The number of phenolic OH excluding ortho intramolecular Hbond substituents is 2. The molecule has 3 atom stereocenters. The average molecular weight is 690 g/mol. The molecule has 11 nitrogen and oxygen atoms in total. The van der Waals surface area contributed by atoms with Crippen molar-refractivity contribution in [1.82, 2.24) is 15.5 Å². The molecular formula is C39H51N3O8. The second-order valence-corrected chi connectivity index (χ2v) is 14.6. The van der Waals surface area contributed by atoms with Gasteiger partial charge in [0.15, 0.2) is 0 Å². The number of carbonyl (C=O) groups excluding carboxylic acids is 4. The van der Waals surface area contributed by atoms with Crippen molar-refractivity contribution in [3.05, 3.63) is 95.1 Å². The number of aromatic hydroxyl groups is 2. The summed E-state index contributed by atoms with van der Waals surface area (Å²) in [5.74, 6) is -1.86. The predicted octanol–water partition coefficient (Wildman–Crippen LogP) is 5.89. The lowest BCUT2D eigenvalue weighted by atomic mass is 9.96. The highest BCUT2D eigenvalue weighted by atomic mass is 16.6. The lowest BCUT2D eigenvalue weighted by molar-refractivity contribution is -0.159. The van der Waals surface area contributed by atoms with Crippen molar-refractivity contribution in [2.75, 3.05) is 0 Å². The number of alkyl carbamates (subject to hydrolysis) is 1. The summed E-state index contributed by atoms with van der Waals surface area (Å²) in [5.41, 5.74) is 0.581. The van der Waals surface area contributed by atoms with E-state index in [9.17, 15) is 29.4 Å². The molecule has 0 fully saturated rings. The van der Waals surface area contributed by atoms with E-state index in [2.05, 4.69) is 10.6 Å². The van der Waals surface area contributed by atoms with Crippen LogP contribution >= 0.6 is 0 Å². The molecule has 4 N–H and O–H groups in total. The van der Waals surface area contributed by atoms with Crippen LogP contribution in [0.4, 0.5) is 4.79 Å². The SMILES string of the molecule is Cc1cc(C(C(=O)NC(Cc2ccccc2)C(=O)OC(C)(C)C)N(C(=O)C(Cc2ccc(O)cc2)NC(=O)OC(C)(C)C)C(C)C)ccc1O. The van der Waals surface area contributed by atoms with E-state index in [1.54, 1.807) is 86.6 Å². The van der Waals surface area contributed by atoms with Gasteiger partial charge in [0.05, 0.1) is 0 Å². The number of nitrogens with one attached hydrogen (secondary N) is 2. The van der Waals surface area contributed by atoms with Crippen LogP contribution in [0.2, 0.25) is 0 Å². The number of ether oxygens (including phenoxy) is 2. The number of amides is 3. The van der Waals surface area contributed by atoms with Crippen LogP contribution in [0.15, 0.2) is 72.8 Å². The van der Waals surface area contributed by atoms with E-state index in [-0.39, 0.29) is 24.3 Å². The quantitative estimate of drug-likeness (QED) is 0.172. The molecule has 0 aromatic heterocycles. The molecule has 0 radical (unpaired) electrons. The Labute approximate surface area is 295 Å². The molecule has 0 spiro atoms. The smallest absolute Gasteiger partial charge is 0.408 e. The van der Waals surface area contributed by atoms with Crippen LogP contribution in [0.5, 0.6) is 11.5 Å². The van der Waals surface area contributed by atoms with Gasteiger partial charge in [-0.15, -0.1) is 0 Å². The van der Waals surface area contributed by atoms with Crippen molar-refractivity contribution in [2.45, 2.75) is 111 Å². The number of hydrogen-bond acceptors (Lipinski definition) is 8.